The van der Waals surface area contributed by atoms with Crippen LogP contribution in [0.15, 0.2) is 30.6 Å². The molecule has 1 fully saturated rings. The molecule has 6 nitrogen and oxygen atoms in total. The highest BCUT2D eigenvalue weighted by Crippen LogP contribution is 2.30. The number of hydrogen-bond acceptors (Lipinski definition) is 5. The van der Waals surface area contributed by atoms with E-state index in [0.29, 0.717) is 23.5 Å². The third-order valence-corrected chi connectivity index (χ3v) is 5.11. The summed E-state index contributed by atoms with van der Waals surface area (Å²) in [4.78, 5) is 19.1. The Hall–Kier alpha value is -2.41. The first kappa shape index (κ1) is 19.4. The Morgan fingerprint density at radius 3 is 2.63 bits per heavy atom. The first-order chi connectivity index (χ1) is 13.0. The Bertz CT molecular complexity index is 797. The largest absolute Gasteiger partial charge is 0.481 e. The molecule has 0 saturated heterocycles. The molecule has 1 heterocycles. The quantitative estimate of drug-likeness (QED) is 0.624. The number of anilines is 3. The van der Waals surface area contributed by atoms with Crippen molar-refractivity contribution in [3.05, 3.63) is 41.4 Å². The lowest BCUT2D eigenvalue weighted by Gasteiger charge is -2.29. The van der Waals surface area contributed by atoms with Crippen molar-refractivity contribution in [3.63, 3.8) is 0 Å². The van der Waals surface area contributed by atoms with Gasteiger partial charge in [0.2, 0.25) is 0 Å². The Kier molecular flexibility index (Phi) is 6.45. The van der Waals surface area contributed by atoms with Gasteiger partial charge in [-0.3, -0.25) is 4.79 Å². The molecule has 0 bridgehead atoms. The van der Waals surface area contributed by atoms with Crippen molar-refractivity contribution >= 4 is 34.9 Å². The summed E-state index contributed by atoms with van der Waals surface area (Å²) < 4.78 is 13.3. The van der Waals surface area contributed by atoms with Gasteiger partial charge in [0.1, 0.15) is 23.8 Å². The van der Waals surface area contributed by atoms with Crippen LogP contribution in [0.25, 0.3) is 0 Å². The second-order valence-corrected chi connectivity index (χ2v) is 7.24. The molecule has 0 unspecified atom stereocenters. The lowest BCUT2D eigenvalue weighted by atomic mass is 9.83. The lowest BCUT2D eigenvalue weighted by molar-refractivity contribution is -0.137. The molecule has 1 aliphatic carbocycles. The zero-order chi connectivity index (χ0) is 19.2. The van der Waals surface area contributed by atoms with E-state index < -0.39 is 11.8 Å². The fourth-order valence-electron chi connectivity index (χ4n) is 3.36. The minimum absolute atomic E-state index is 0.0482. The first-order valence-corrected chi connectivity index (χ1v) is 9.40. The van der Waals surface area contributed by atoms with Gasteiger partial charge in [-0.1, -0.05) is 11.6 Å². The van der Waals surface area contributed by atoms with Gasteiger partial charge < -0.3 is 15.7 Å². The van der Waals surface area contributed by atoms with Crippen molar-refractivity contribution < 1.29 is 14.3 Å². The maximum Gasteiger partial charge on any atom is 0.303 e. The number of nitrogens with one attached hydrogen (secondary N) is 2. The Morgan fingerprint density at radius 1 is 1.19 bits per heavy atom. The monoisotopic (exact) mass is 392 g/mol. The number of aliphatic carboxylic acids is 1. The maximum absolute atomic E-state index is 13.3. The molecule has 1 aromatic carbocycles. The smallest absolute Gasteiger partial charge is 0.303 e. The van der Waals surface area contributed by atoms with Gasteiger partial charge in [-0.05, 0) is 56.2 Å². The second kappa shape index (κ2) is 8.99. The Labute approximate surface area is 162 Å². The Balaban J connectivity index is 1.53. The van der Waals surface area contributed by atoms with Crippen LogP contribution in [0.5, 0.6) is 0 Å². The minimum Gasteiger partial charge on any atom is -0.481 e. The maximum atomic E-state index is 13.3. The number of aromatic nitrogens is 2. The number of carbonyl (C=O) groups is 1. The zero-order valence-corrected chi connectivity index (χ0v) is 15.5. The predicted molar refractivity (Wildman–Crippen MR) is 103 cm³/mol. The van der Waals surface area contributed by atoms with Crippen LogP contribution in [0.2, 0.25) is 5.02 Å². The van der Waals surface area contributed by atoms with Crippen LogP contribution in [0, 0.1) is 11.7 Å². The summed E-state index contributed by atoms with van der Waals surface area (Å²) in [7, 11) is 0. The molecule has 3 rings (SSSR count). The molecular weight excluding hydrogens is 371 g/mol. The summed E-state index contributed by atoms with van der Waals surface area (Å²) >= 11 is 5.80. The van der Waals surface area contributed by atoms with Gasteiger partial charge in [0.05, 0.1) is 5.02 Å². The third kappa shape index (κ3) is 5.79. The van der Waals surface area contributed by atoms with Gasteiger partial charge in [0.25, 0.3) is 0 Å². The van der Waals surface area contributed by atoms with Crippen molar-refractivity contribution in [2.24, 2.45) is 5.92 Å². The van der Waals surface area contributed by atoms with E-state index in [4.69, 9.17) is 16.7 Å². The SMILES string of the molecule is O=C(O)CC[C@H]1CC[C@H](Nc2cc(Nc3ccc(F)c(Cl)c3)ncn2)CC1. The van der Waals surface area contributed by atoms with Gasteiger partial charge in [-0.2, -0.15) is 0 Å². The highest BCUT2D eigenvalue weighted by Gasteiger charge is 2.22. The van der Waals surface area contributed by atoms with Gasteiger partial charge in [0, 0.05) is 24.2 Å². The topological polar surface area (TPSA) is 87.1 Å². The van der Waals surface area contributed by atoms with Gasteiger partial charge >= 0.3 is 5.97 Å². The van der Waals surface area contributed by atoms with E-state index in [9.17, 15) is 9.18 Å². The van der Waals surface area contributed by atoms with Crippen LogP contribution in [-0.4, -0.2) is 27.1 Å². The highest BCUT2D eigenvalue weighted by atomic mass is 35.5. The molecule has 2 aromatic rings. The number of rotatable bonds is 7. The first-order valence-electron chi connectivity index (χ1n) is 9.02. The molecule has 27 heavy (non-hydrogen) atoms. The molecule has 8 heteroatoms. The normalized spacial score (nSPS) is 19.5. The fourth-order valence-corrected chi connectivity index (χ4v) is 3.54. The van der Waals surface area contributed by atoms with Gasteiger partial charge in [-0.15, -0.1) is 0 Å². The van der Waals surface area contributed by atoms with Crippen LogP contribution in [0.1, 0.15) is 38.5 Å². The van der Waals surface area contributed by atoms with Crippen LogP contribution < -0.4 is 10.6 Å². The summed E-state index contributed by atoms with van der Waals surface area (Å²) in [5.41, 5.74) is 0.644. The number of carboxylic acids is 1. The molecule has 0 radical (unpaired) electrons. The van der Waals surface area contributed by atoms with Crippen molar-refractivity contribution in [3.8, 4) is 0 Å². The average Bonchev–Trinajstić information content (AvgIpc) is 2.64. The third-order valence-electron chi connectivity index (χ3n) is 4.82. The highest BCUT2D eigenvalue weighted by molar-refractivity contribution is 6.31. The molecule has 1 aromatic heterocycles. The number of halogens is 2. The van der Waals surface area contributed by atoms with Crippen LogP contribution >= 0.6 is 11.6 Å². The van der Waals surface area contributed by atoms with Gasteiger partial charge in [-0.25, -0.2) is 14.4 Å². The van der Waals surface area contributed by atoms with Crippen molar-refractivity contribution in [2.45, 2.75) is 44.6 Å². The molecule has 0 atom stereocenters. The van der Waals surface area contributed by atoms with E-state index in [2.05, 4.69) is 20.6 Å². The summed E-state index contributed by atoms with van der Waals surface area (Å²) in [6.07, 6.45) is 6.49. The molecule has 144 valence electrons. The van der Waals surface area contributed by atoms with E-state index in [-0.39, 0.29) is 11.4 Å². The number of carboxylic acid groups (broad SMARTS) is 1. The molecule has 1 saturated carbocycles. The second-order valence-electron chi connectivity index (χ2n) is 6.84. The number of nitrogens with zero attached hydrogens (tertiary/aromatic N) is 2. The van der Waals surface area contributed by atoms with E-state index in [1.165, 1.54) is 18.5 Å². The van der Waals surface area contributed by atoms with Crippen molar-refractivity contribution in [1.29, 1.82) is 0 Å². The summed E-state index contributed by atoms with van der Waals surface area (Å²) in [6, 6.07) is 6.51. The summed E-state index contributed by atoms with van der Waals surface area (Å²) in [6.45, 7) is 0. The van der Waals surface area contributed by atoms with Crippen molar-refractivity contribution in [2.75, 3.05) is 10.6 Å². The van der Waals surface area contributed by atoms with E-state index in [1.807, 2.05) is 0 Å². The standard InChI is InChI=1S/C19H22ClFN4O2/c20-15-9-14(6-7-16(15)21)25-18-10-17(22-11-23-18)24-13-4-1-12(2-5-13)3-8-19(26)27/h6-7,9-13H,1-5,8H2,(H,26,27)(H2,22,23,24,25)/t12-,13-. The molecule has 1 aliphatic rings. The van der Waals surface area contributed by atoms with Crippen LogP contribution in [-0.2, 0) is 4.79 Å². The molecular formula is C19H22ClFN4O2. The number of hydrogen-bond donors (Lipinski definition) is 3. The zero-order valence-electron chi connectivity index (χ0n) is 14.8. The molecule has 0 aliphatic heterocycles. The molecule has 3 N–H and O–H groups in total. The number of benzene rings is 1. The van der Waals surface area contributed by atoms with Crippen LogP contribution in [0.4, 0.5) is 21.7 Å². The van der Waals surface area contributed by atoms with E-state index in [0.717, 1.165) is 37.9 Å². The minimum atomic E-state index is -0.723. The van der Waals surface area contributed by atoms with Gasteiger partial charge in [0.15, 0.2) is 0 Å². The van der Waals surface area contributed by atoms with E-state index in [1.54, 1.807) is 12.1 Å². The van der Waals surface area contributed by atoms with Crippen LogP contribution in [0.3, 0.4) is 0 Å². The summed E-state index contributed by atoms with van der Waals surface area (Å²) in [5, 5.41) is 15.3. The average molecular weight is 393 g/mol. The molecule has 0 amide bonds. The lowest BCUT2D eigenvalue weighted by Crippen LogP contribution is -2.26. The van der Waals surface area contributed by atoms with Crippen molar-refractivity contribution in [1.82, 2.24) is 9.97 Å². The Morgan fingerprint density at radius 2 is 1.93 bits per heavy atom. The molecule has 0 spiro atoms. The predicted octanol–water partition coefficient (Wildman–Crippen LogP) is 4.85. The fraction of sp³-hybridized carbons (Fsp3) is 0.421. The van der Waals surface area contributed by atoms with E-state index >= 15 is 0 Å². The summed E-state index contributed by atoms with van der Waals surface area (Å²) in [5.74, 6) is 0.606.